The molecule has 6 nitrogen and oxygen atoms in total. The maximum Gasteiger partial charge on any atom is 0.337 e. The minimum absolute atomic E-state index is 0. The van der Waals surface area contributed by atoms with Crippen molar-refractivity contribution in [1.29, 1.82) is 0 Å². The molecule has 0 spiro atoms. The fraction of sp³-hybridized carbons (Fsp3) is 0.120. The summed E-state index contributed by atoms with van der Waals surface area (Å²) in [5.74, 6) is -0.719. The second-order valence-corrected chi connectivity index (χ2v) is 7.26. The van der Waals surface area contributed by atoms with E-state index >= 15 is 0 Å². The summed E-state index contributed by atoms with van der Waals surface area (Å²) < 4.78 is 6.75. The minimum Gasteiger partial charge on any atom is -0.595 e. The predicted octanol–water partition coefficient (Wildman–Crippen LogP) is 5.13. The third-order valence-corrected chi connectivity index (χ3v) is 5.08. The van der Waals surface area contributed by atoms with Crippen LogP contribution in [0.5, 0.6) is 0 Å². The third kappa shape index (κ3) is 5.37. The Bertz CT molecular complexity index is 1230. The van der Waals surface area contributed by atoms with Gasteiger partial charge in [-0.05, 0) is 36.8 Å². The maximum absolute atomic E-state index is 12.9. The fourth-order valence-corrected chi connectivity index (χ4v) is 3.43. The van der Waals surface area contributed by atoms with Gasteiger partial charge in [-0.15, -0.1) is 5.69 Å². The fourth-order valence-electron chi connectivity index (χ4n) is 3.43. The van der Waals surface area contributed by atoms with Crippen LogP contribution in [-0.4, -0.2) is 23.6 Å². The van der Waals surface area contributed by atoms with E-state index in [0.29, 0.717) is 23.4 Å². The number of fused-ring (bicyclic) bond motifs is 1. The summed E-state index contributed by atoms with van der Waals surface area (Å²) in [5, 5.41) is 0.988. The summed E-state index contributed by atoms with van der Waals surface area (Å²) in [5.41, 5.74) is 11.5. The summed E-state index contributed by atoms with van der Waals surface area (Å²) in [6.07, 6.45) is 1.99. The van der Waals surface area contributed by atoms with Gasteiger partial charge in [0.1, 0.15) is 0 Å². The first-order valence-corrected chi connectivity index (χ1v) is 9.88. The molecule has 0 saturated carbocycles. The Morgan fingerprint density at radius 3 is 2.38 bits per heavy atom. The number of carbonyl (C=O) groups excluding carboxylic acids is 2. The normalized spacial score (nSPS) is 10.3. The Hall–Kier alpha value is -2.70. The van der Waals surface area contributed by atoms with Crippen LogP contribution in [0.25, 0.3) is 16.3 Å². The van der Waals surface area contributed by atoms with Crippen molar-refractivity contribution >= 4 is 28.5 Å². The van der Waals surface area contributed by atoms with Gasteiger partial charge in [-0.2, -0.15) is 0 Å². The zero-order valence-electron chi connectivity index (χ0n) is 17.9. The van der Waals surface area contributed by atoms with Crippen molar-refractivity contribution in [2.75, 3.05) is 7.11 Å². The Kier molecular flexibility index (Phi) is 8.05. The second kappa shape index (κ2) is 10.7. The number of hydrogen-bond acceptors (Lipinski definition) is 3. The quantitative estimate of drug-likeness (QED) is 0.266. The average Bonchev–Trinajstić information content (AvgIpc) is 3.21. The molecule has 1 heterocycles. The first-order valence-electron chi connectivity index (χ1n) is 9.88. The Labute approximate surface area is 219 Å². The summed E-state index contributed by atoms with van der Waals surface area (Å²) in [6.45, 7) is 2.73. The van der Waals surface area contributed by atoms with Crippen LogP contribution >= 0.6 is 0 Å². The molecule has 4 rings (SSSR count). The van der Waals surface area contributed by atoms with Gasteiger partial charge < -0.3 is 20.2 Å². The molecule has 1 amide bonds. The minimum atomic E-state index is -0.420. The van der Waals surface area contributed by atoms with Gasteiger partial charge in [-0.3, -0.25) is 4.79 Å². The molecule has 4 aromatic rings. The number of benzene rings is 3. The standard InChI is InChI=1S/C25H23N3O3.Pr/c1-17-6-8-18(9-7-17)16-28-15-14-19-4-3-5-22(23(19)28)24(29)27-26-21-12-10-20(11-13-21)25(30)31-2;/h3-15H,16H2,1-2H3,(H2,26,27,29,30);/p-1. The molecule has 1 aromatic heterocycles. The predicted molar refractivity (Wildman–Crippen MR) is 120 cm³/mol. The van der Waals surface area contributed by atoms with E-state index in [1.807, 2.05) is 24.4 Å². The van der Waals surface area contributed by atoms with Gasteiger partial charge in [0.15, 0.2) is 0 Å². The third-order valence-electron chi connectivity index (χ3n) is 5.08. The molecule has 32 heavy (non-hydrogen) atoms. The van der Waals surface area contributed by atoms with Crippen LogP contribution in [0.1, 0.15) is 31.8 Å². The molecule has 0 bridgehead atoms. The molecule has 0 fully saturated rings. The molecule has 3 aromatic carbocycles. The van der Waals surface area contributed by atoms with Gasteiger partial charge in [0.2, 0.25) is 5.91 Å². The SMILES string of the molecule is COC(=O)c1ccc([N-]NC(=O)c2cccc3ccn(Cc4ccc(C)cc4)c23)cc1.[Pr]. The van der Waals surface area contributed by atoms with Crippen molar-refractivity contribution in [2.45, 2.75) is 13.5 Å². The van der Waals surface area contributed by atoms with E-state index < -0.39 is 5.97 Å². The van der Waals surface area contributed by atoms with E-state index in [1.165, 1.54) is 12.7 Å². The van der Waals surface area contributed by atoms with Crippen molar-refractivity contribution in [3.63, 3.8) is 0 Å². The van der Waals surface area contributed by atoms with Gasteiger partial charge in [-0.1, -0.05) is 54.1 Å². The number of para-hydroxylation sites is 1. The number of aromatic nitrogens is 1. The number of amides is 1. The van der Waals surface area contributed by atoms with E-state index in [0.717, 1.165) is 16.5 Å². The van der Waals surface area contributed by atoms with E-state index in [-0.39, 0.29) is 47.2 Å². The molecule has 0 aliphatic rings. The number of nitrogens with zero attached hydrogens (tertiary/aromatic N) is 2. The first-order chi connectivity index (χ1) is 15.0. The number of esters is 1. The van der Waals surface area contributed by atoms with Gasteiger partial charge in [0, 0.05) is 59.4 Å². The summed E-state index contributed by atoms with van der Waals surface area (Å²) in [7, 11) is 1.33. The molecule has 0 aliphatic heterocycles. The van der Waals surface area contributed by atoms with Crippen LogP contribution in [0, 0.1) is 48.2 Å². The number of nitrogens with one attached hydrogen (secondary N) is 1. The van der Waals surface area contributed by atoms with Crippen LogP contribution in [0.4, 0.5) is 5.69 Å². The largest absolute Gasteiger partial charge is 0.595 e. The topological polar surface area (TPSA) is 74.4 Å². The van der Waals surface area contributed by atoms with Crippen molar-refractivity contribution in [2.24, 2.45) is 0 Å². The molecule has 1 N–H and O–H groups in total. The number of aryl methyl sites for hydroxylation is 1. The number of methoxy groups -OCH3 is 1. The Morgan fingerprint density at radius 1 is 0.969 bits per heavy atom. The molecule has 0 saturated heterocycles. The molecule has 0 unspecified atom stereocenters. The van der Waals surface area contributed by atoms with Crippen LogP contribution in [0.15, 0.2) is 79.0 Å². The van der Waals surface area contributed by atoms with Crippen molar-refractivity contribution < 1.29 is 55.6 Å². The van der Waals surface area contributed by atoms with Crippen molar-refractivity contribution in [3.8, 4) is 0 Å². The average molecular weight is 553 g/mol. The Balaban J connectivity index is 0.00000289. The van der Waals surface area contributed by atoms with Gasteiger partial charge in [0.25, 0.3) is 0 Å². The molecule has 0 atom stereocenters. The number of ether oxygens (including phenoxy) is 1. The van der Waals surface area contributed by atoms with E-state index in [9.17, 15) is 9.59 Å². The van der Waals surface area contributed by atoms with Crippen LogP contribution in [-0.2, 0) is 11.3 Å². The van der Waals surface area contributed by atoms with E-state index in [1.54, 1.807) is 30.3 Å². The number of carbonyl (C=O) groups is 2. The first kappa shape index (κ1) is 24.0. The second-order valence-electron chi connectivity index (χ2n) is 7.26. The van der Waals surface area contributed by atoms with Crippen molar-refractivity contribution in [1.82, 2.24) is 9.99 Å². The van der Waals surface area contributed by atoms with Crippen LogP contribution in [0.2, 0.25) is 0 Å². The molecule has 0 aliphatic carbocycles. The zero-order chi connectivity index (χ0) is 21.8. The molecular weight excluding hydrogens is 531 g/mol. The van der Waals surface area contributed by atoms with Crippen molar-refractivity contribution in [3.05, 3.63) is 107 Å². The summed E-state index contributed by atoms with van der Waals surface area (Å²) in [6, 6.07) is 22.5. The van der Waals surface area contributed by atoms with Crippen LogP contribution in [0.3, 0.4) is 0 Å². The molecular formula is C25H22N3O3Pr-. The number of rotatable bonds is 6. The van der Waals surface area contributed by atoms with Gasteiger partial charge in [0.05, 0.1) is 23.8 Å². The molecule has 1 radical (unpaired) electrons. The monoisotopic (exact) mass is 553 g/mol. The molecule has 7 heteroatoms. The summed E-state index contributed by atoms with van der Waals surface area (Å²) in [4.78, 5) is 24.4. The van der Waals surface area contributed by atoms with Gasteiger partial charge >= 0.3 is 5.97 Å². The summed E-state index contributed by atoms with van der Waals surface area (Å²) >= 11 is 0. The zero-order valence-corrected chi connectivity index (χ0v) is 21.6. The number of hydrogen-bond donors (Lipinski definition) is 1. The van der Waals surface area contributed by atoms with E-state index in [2.05, 4.69) is 51.3 Å². The van der Waals surface area contributed by atoms with Crippen LogP contribution < -0.4 is 5.43 Å². The van der Waals surface area contributed by atoms with Gasteiger partial charge in [-0.25, -0.2) is 4.79 Å². The smallest absolute Gasteiger partial charge is 0.337 e. The van der Waals surface area contributed by atoms with E-state index in [4.69, 9.17) is 0 Å². The Morgan fingerprint density at radius 2 is 1.69 bits per heavy atom. The maximum atomic E-state index is 12.9. The molecule has 159 valence electrons.